The van der Waals surface area contributed by atoms with Gasteiger partial charge >= 0.3 is 6.09 Å². The van der Waals surface area contributed by atoms with E-state index in [2.05, 4.69) is 14.7 Å². The molecule has 88 valence electrons. The standard InChI is InChI=1S/C11H11N3O3/c1-2-17-11(15)13-10-12-9-6-4-3-5-8(9)7-14(10)16/h3-7,16H,2H2,1H3/b13-10-. The zero-order valence-corrected chi connectivity index (χ0v) is 9.20. The van der Waals surface area contributed by atoms with Gasteiger partial charge in [0.25, 0.3) is 5.62 Å². The van der Waals surface area contributed by atoms with Gasteiger partial charge in [0.05, 0.1) is 18.3 Å². The predicted octanol–water partition coefficient (Wildman–Crippen LogP) is 1.33. The lowest BCUT2D eigenvalue weighted by atomic mass is 10.2. The van der Waals surface area contributed by atoms with Crippen LogP contribution in [0.4, 0.5) is 4.79 Å². The maximum absolute atomic E-state index is 11.1. The number of fused-ring (bicyclic) bond motifs is 1. The summed E-state index contributed by atoms with van der Waals surface area (Å²) < 4.78 is 5.34. The molecule has 2 rings (SSSR count). The van der Waals surface area contributed by atoms with Gasteiger partial charge in [-0.1, -0.05) is 18.2 Å². The Hall–Kier alpha value is -2.37. The van der Waals surface area contributed by atoms with Crippen LogP contribution in [0.3, 0.4) is 0 Å². The number of nitrogens with zero attached hydrogens (tertiary/aromatic N) is 3. The highest BCUT2D eigenvalue weighted by Crippen LogP contribution is 2.06. The van der Waals surface area contributed by atoms with Crippen molar-refractivity contribution in [3.05, 3.63) is 36.1 Å². The minimum atomic E-state index is -0.780. The SMILES string of the molecule is CCOC(=O)/N=c1/nc2ccccc2cn1O. The molecule has 0 unspecified atom stereocenters. The van der Waals surface area contributed by atoms with E-state index in [4.69, 9.17) is 0 Å². The van der Waals surface area contributed by atoms with Gasteiger partial charge in [-0.3, -0.25) is 0 Å². The van der Waals surface area contributed by atoms with Gasteiger partial charge in [0.15, 0.2) is 0 Å². The third kappa shape index (κ3) is 2.41. The number of carbonyl (C=O) groups excluding carboxylic acids is 1. The van der Waals surface area contributed by atoms with Crippen molar-refractivity contribution in [2.75, 3.05) is 6.61 Å². The lowest BCUT2D eigenvalue weighted by Crippen LogP contribution is -2.24. The Morgan fingerprint density at radius 3 is 3.06 bits per heavy atom. The molecule has 0 saturated heterocycles. The summed E-state index contributed by atoms with van der Waals surface area (Å²) in [4.78, 5) is 18.7. The van der Waals surface area contributed by atoms with E-state index in [1.165, 1.54) is 6.20 Å². The monoisotopic (exact) mass is 233 g/mol. The summed E-state index contributed by atoms with van der Waals surface area (Å²) >= 11 is 0. The highest BCUT2D eigenvalue weighted by atomic mass is 16.5. The van der Waals surface area contributed by atoms with E-state index in [0.29, 0.717) is 10.2 Å². The molecule has 2 aromatic rings. The van der Waals surface area contributed by atoms with E-state index >= 15 is 0 Å². The van der Waals surface area contributed by atoms with Crippen LogP contribution in [-0.2, 0) is 4.74 Å². The first-order valence-electron chi connectivity index (χ1n) is 5.10. The van der Waals surface area contributed by atoms with Crippen LogP contribution >= 0.6 is 0 Å². The number of amides is 1. The maximum atomic E-state index is 11.1. The van der Waals surface area contributed by atoms with Crippen LogP contribution in [0.15, 0.2) is 35.5 Å². The molecule has 0 atom stereocenters. The highest BCUT2D eigenvalue weighted by Gasteiger charge is 2.02. The van der Waals surface area contributed by atoms with Crippen LogP contribution in [0.25, 0.3) is 10.9 Å². The van der Waals surface area contributed by atoms with E-state index in [-0.39, 0.29) is 12.2 Å². The number of hydrogen-bond donors (Lipinski definition) is 1. The summed E-state index contributed by atoms with van der Waals surface area (Å²) in [5, 5.41) is 10.3. The summed E-state index contributed by atoms with van der Waals surface area (Å²) in [6.45, 7) is 1.90. The van der Waals surface area contributed by atoms with Gasteiger partial charge in [-0.25, -0.2) is 9.78 Å². The maximum Gasteiger partial charge on any atom is 0.437 e. The number of ether oxygens (including phenoxy) is 1. The van der Waals surface area contributed by atoms with Crippen molar-refractivity contribution >= 4 is 17.0 Å². The molecule has 6 nitrogen and oxygen atoms in total. The van der Waals surface area contributed by atoms with E-state index in [0.717, 1.165) is 5.39 Å². The van der Waals surface area contributed by atoms with Crippen LogP contribution in [0.5, 0.6) is 0 Å². The molecule has 0 saturated carbocycles. The second-order valence-electron chi connectivity index (χ2n) is 3.26. The summed E-state index contributed by atoms with van der Waals surface area (Å²) in [6, 6.07) is 7.19. The van der Waals surface area contributed by atoms with Crippen molar-refractivity contribution < 1.29 is 14.7 Å². The topological polar surface area (TPSA) is 76.7 Å². The molecule has 0 aliphatic carbocycles. The lowest BCUT2D eigenvalue weighted by Gasteiger charge is -2.01. The summed E-state index contributed by atoms with van der Waals surface area (Å²) in [5.74, 6) is 0. The second kappa shape index (κ2) is 4.65. The molecule has 0 fully saturated rings. The minimum absolute atomic E-state index is 0.109. The van der Waals surface area contributed by atoms with Crippen LogP contribution < -0.4 is 5.62 Å². The number of benzene rings is 1. The molecule has 1 aromatic carbocycles. The number of rotatable bonds is 1. The molecule has 1 N–H and O–H groups in total. The Kier molecular flexibility index (Phi) is 3.04. The Labute approximate surface area is 96.8 Å². The first-order chi connectivity index (χ1) is 8.20. The van der Waals surface area contributed by atoms with Crippen LogP contribution in [-0.4, -0.2) is 27.6 Å². The van der Waals surface area contributed by atoms with Gasteiger partial charge in [-0.2, -0.15) is 4.73 Å². The fourth-order valence-electron chi connectivity index (χ4n) is 1.36. The van der Waals surface area contributed by atoms with Gasteiger partial charge in [0, 0.05) is 5.39 Å². The Morgan fingerprint density at radius 2 is 2.29 bits per heavy atom. The van der Waals surface area contributed by atoms with E-state index < -0.39 is 6.09 Å². The smallest absolute Gasteiger partial charge is 0.437 e. The van der Waals surface area contributed by atoms with Gasteiger partial charge in [-0.05, 0) is 13.0 Å². The first kappa shape index (κ1) is 11.1. The third-order valence-electron chi connectivity index (χ3n) is 2.08. The molecule has 17 heavy (non-hydrogen) atoms. The molecule has 1 aromatic heterocycles. The zero-order valence-electron chi connectivity index (χ0n) is 9.20. The molecule has 1 amide bonds. The largest absolute Gasteiger partial charge is 0.448 e. The summed E-state index contributed by atoms with van der Waals surface area (Å²) in [6.07, 6.45) is 0.651. The quantitative estimate of drug-likeness (QED) is 0.754. The number of aromatic nitrogens is 2. The predicted molar refractivity (Wildman–Crippen MR) is 59.5 cm³/mol. The van der Waals surface area contributed by atoms with Crippen molar-refractivity contribution in [3.63, 3.8) is 0 Å². The number of para-hydroxylation sites is 1. The summed E-state index contributed by atoms with van der Waals surface area (Å²) in [7, 11) is 0. The average molecular weight is 233 g/mol. The number of hydrogen-bond acceptors (Lipinski definition) is 4. The first-order valence-corrected chi connectivity index (χ1v) is 5.10. The Morgan fingerprint density at radius 1 is 1.53 bits per heavy atom. The van der Waals surface area contributed by atoms with Crippen molar-refractivity contribution in [1.29, 1.82) is 0 Å². The molecular weight excluding hydrogens is 222 g/mol. The van der Waals surface area contributed by atoms with Crippen LogP contribution in [0.2, 0.25) is 0 Å². The molecule has 0 spiro atoms. The van der Waals surface area contributed by atoms with Crippen molar-refractivity contribution in [1.82, 2.24) is 9.71 Å². The molecular formula is C11H11N3O3. The minimum Gasteiger partial charge on any atom is -0.448 e. The second-order valence-corrected chi connectivity index (χ2v) is 3.26. The number of carbonyl (C=O) groups is 1. The fraction of sp³-hybridized carbons (Fsp3) is 0.182. The van der Waals surface area contributed by atoms with Crippen molar-refractivity contribution in [2.24, 2.45) is 4.99 Å². The average Bonchev–Trinajstić information content (AvgIpc) is 2.30. The highest BCUT2D eigenvalue weighted by molar-refractivity contribution is 5.77. The van der Waals surface area contributed by atoms with E-state index in [9.17, 15) is 10.0 Å². The van der Waals surface area contributed by atoms with Gasteiger partial charge in [-0.15, -0.1) is 4.99 Å². The van der Waals surface area contributed by atoms with Gasteiger partial charge in [0.1, 0.15) is 0 Å². The summed E-state index contributed by atoms with van der Waals surface area (Å²) in [5.41, 5.74) is 0.531. The molecule has 0 bridgehead atoms. The molecule has 6 heteroatoms. The van der Waals surface area contributed by atoms with Gasteiger partial charge in [0.2, 0.25) is 0 Å². The third-order valence-corrected chi connectivity index (χ3v) is 2.08. The lowest BCUT2D eigenvalue weighted by molar-refractivity contribution is 0.151. The van der Waals surface area contributed by atoms with E-state index in [1.54, 1.807) is 19.1 Å². The Bertz CT molecular complexity index is 619. The van der Waals surface area contributed by atoms with E-state index in [1.807, 2.05) is 12.1 Å². The van der Waals surface area contributed by atoms with Gasteiger partial charge < -0.3 is 9.94 Å². The fourth-order valence-corrected chi connectivity index (χ4v) is 1.36. The molecule has 0 radical (unpaired) electrons. The zero-order chi connectivity index (χ0) is 12.3. The molecule has 0 aliphatic heterocycles. The van der Waals surface area contributed by atoms with Crippen LogP contribution in [0, 0.1) is 0 Å². The molecule has 0 aliphatic rings. The van der Waals surface area contributed by atoms with Crippen molar-refractivity contribution in [2.45, 2.75) is 6.92 Å². The normalized spacial score (nSPS) is 11.7. The Balaban J connectivity index is 2.54. The van der Waals surface area contributed by atoms with Crippen molar-refractivity contribution in [3.8, 4) is 0 Å². The van der Waals surface area contributed by atoms with Crippen LogP contribution in [0.1, 0.15) is 6.92 Å². The molecule has 1 heterocycles.